The van der Waals surface area contributed by atoms with E-state index in [4.69, 9.17) is 19.9 Å². The lowest BCUT2D eigenvalue weighted by Gasteiger charge is -2.29. The van der Waals surface area contributed by atoms with Crippen LogP contribution in [-0.4, -0.2) is 55.4 Å². The smallest absolute Gasteiger partial charge is 0.408 e. The van der Waals surface area contributed by atoms with E-state index in [-0.39, 0.29) is 6.61 Å². The number of methoxy groups -OCH3 is 1. The third-order valence-electron chi connectivity index (χ3n) is 2.97. The van der Waals surface area contributed by atoms with E-state index < -0.39 is 41.6 Å². The van der Waals surface area contributed by atoms with E-state index in [1.54, 1.807) is 34.6 Å². The van der Waals surface area contributed by atoms with Gasteiger partial charge in [-0.1, -0.05) is 0 Å². The van der Waals surface area contributed by atoms with E-state index in [0.717, 1.165) is 0 Å². The molecule has 1 heterocycles. The molecular weight excluding hydrogens is 292 g/mol. The molecule has 8 nitrogen and oxygen atoms in total. The van der Waals surface area contributed by atoms with Crippen LogP contribution in [-0.2, 0) is 23.7 Å². The molecule has 3 N–H and O–H groups in total. The predicted molar refractivity (Wildman–Crippen MR) is 78.1 cm³/mol. The lowest BCUT2D eigenvalue weighted by atomic mass is 10.0. The maximum atomic E-state index is 12.0. The Kier molecular flexibility index (Phi) is 5.77. The monoisotopic (exact) mass is 318 g/mol. The Morgan fingerprint density at radius 1 is 1.36 bits per heavy atom. The Labute approximate surface area is 130 Å². The number of carbonyl (C=O) groups excluding carboxylic acids is 2. The highest BCUT2D eigenvalue weighted by Gasteiger charge is 2.43. The molecule has 1 saturated heterocycles. The van der Waals surface area contributed by atoms with Gasteiger partial charge in [-0.15, -0.1) is 0 Å². The first kappa shape index (κ1) is 18.7. The summed E-state index contributed by atoms with van der Waals surface area (Å²) in [5, 5.41) is 2.58. The number of carbonyl (C=O) groups is 2. The standard InChI is InChI=1S/C14H26N2O6/c1-13(2,3)22-12(18)16-10(9(15)11(17)19-6)8-7-20-14(4,5)21-8/h8-10H,7,15H2,1-6H3,(H,16,18)/t8-,9-,10+/m1/s1. The molecule has 0 saturated carbocycles. The zero-order valence-electron chi connectivity index (χ0n) is 14.0. The van der Waals surface area contributed by atoms with Crippen molar-refractivity contribution in [1.82, 2.24) is 5.32 Å². The van der Waals surface area contributed by atoms with Crippen molar-refractivity contribution >= 4 is 12.1 Å². The second-order valence-corrected chi connectivity index (χ2v) is 6.59. The molecule has 1 fully saturated rings. The molecule has 0 aromatic heterocycles. The van der Waals surface area contributed by atoms with Gasteiger partial charge in [0.15, 0.2) is 5.79 Å². The normalized spacial score (nSPS) is 23.5. The topological polar surface area (TPSA) is 109 Å². The molecule has 1 rings (SSSR count). The predicted octanol–water partition coefficient (Wildman–Crippen LogP) is 0.531. The molecular formula is C14H26N2O6. The minimum atomic E-state index is -1.10. The minimum Gasteiger partial charge on any atom is -0.468 e. The van der Waals surface area contributed by atoms with Crippen LogP contribution in [0, 0.1) is 0 Å². The summed E-state index contributed by atoms with van der Waals surface area (Å²) in [5.41, 5.74) is 5.20. The van der Waals surface area contributed by atoms with E-state index in [2.05, 4.69) is 10.1 Å². The molecule has 1 aliphatic rings. The number of amides is 1. The zero-order chi connectivity index (χ0) is 17.1. The fraction of sp³-hybridized carbons (Fsp3) is 0.857. The van der Waals surface area contributed by atoms with Gasteiger partial charge in [-0.3, -0.25) is 4.79 Å². The summed E-state index contributed by atoms with van der Waals surface area (Å²) in [4.78, 5) is 23.7. The molecule has 1 amide bonds. The summed E-state index contributed by atoms with van der Waals surface area (Å²) in [6.07, 6.45) is -1.28. The second-order valence-electron chi connectivity index (χ2n) is 6.59. The van der Waals surface area contributed by atoms with Crippen LogP contribution in [0.1, 0.15) is 34.6 Å². The molecule has 128 valence electrons. The molecule has 1 aliphatic heterocycles. The summed E-state index contributed by atoms with van der Waals surface area (Å²) in [6, 6.07) is -1.93. The van der Waals surface area contributed by atoms with Crippen molar-refractivity contribution in [2.24, 2.45) is 5.73 Å². The van der Waals surface area contributed by atoms with E-state index >= 15 is 0 Å². The molecule has 0 aromatic carbocycles. The first-order valence-corrected chi connectivity index (χ1v) is 7.10. The summed E-state index contributed by atoms with van der Waals surface area (Å²) in [6.45, 7) is 8.88. The first-order chi connectivity index (χ1) is 9.95. The fourth-order valence-electron chi connectivity index (χ4n) is 2.03. The summed E-state index contributed by atoms with van der Waals surface area (Å²) in [7, 11) is 1.22. The summed E-state index contributed by atoms with van der Waals surface area (Å²) in [5.74, 6) is -1.47. The third kappa shape index (κ3) is 5.43. The number of nitrogens with two attached hydrogens (primary N) is 1. The Morgan fingerprint density at radius 2 is 1.95 bits per heavy atom. The van der Waals surface area contributed by atoms with Gasteiger partial charge in [0.2, 0.25) is 0 Å². The van der Waals surface area contributed by atoms with Gasteiger partial charge >= 0.3 is 12.1 Å². The van der Waals surface area contributed by atoms with Crippen molar-refractivity contribution in [3.8, 4) is 0 Å². The molecule has 0 bridgehead atoms. The van der Waals surface area contributed by atoms with E-state index in [9.17, 15) is 9.59 Å². The molecule has 8 heteroatoms. The minimum absolute atomic E-state index is 0.193. The van der Waals surface area contributed by atoms with Gasteiger partial charge in [0.25, 0.3) is 0 Å². The van der Waals surface area contributed by atoms with Gasteiger partial charge in [0, 0.05) is 0 Å². The molecule has 22 heavy (non-hydrogen) atoms. The number of hydrogen-bond donors (Lipinski definition) is 2. The maximum absolute atomic E-state index is 12.0. The van der Waals surface area contributed by atoms with Crippen molar-refractivity contribution in [1.29, 1.82) is 0 Å². The molecule has 0 aliphatic carbocycles. The number of hydrogen-bond acceptors (Lipinski definition) is 7. The molecule has 0 unspecified atom stereocenters. The molecule has 3 atom stereocenters. The largest absolute Gasteiger partial charge is 0.468 e. The summed E-state index contributed by atoms with van der Waals surface area (Å²) >= 11 is 0. The third-order valence-corrected chi connectivity index (χ3v) is 2.97. The van der Waals surface area contributed by atoms with Crippen LogP contribution in [0.5, 0.6) is 0 Å². The van der Waals surface area contributed by atoms with E-state index in [1.165, 1.54) is 7.11 Å². The van der Waals surface area contributed by atoms with Crippen LogP contribution in [0.25, 0.3) is 0 Å². The lowest BCUT2D eigenvalue weighted by Crippen LogP contribution is -2.59. The Balaban J connectivity index is 2.83. The van der Waals surface area contributed by atoms with Crippen molar-refractivity contribution in [2.45, 2.75) is 64.2 Å². The second kappa shape index (κ2) is 6.80. The van der Waals surface area contributed by atoms with Gasteiger partial charge < -0.3 is 30.0 Å². The Morgan fingerprint density at radius 3 is 2.36 bits per heavy atom. The van der Waals surface area contributed by atoms with Crippen molar-refractivity contribution in [3.63, 3.8) is 0 Å². The quantitative estimate of drug-likeness (QED) is 0.728. The van der Waals surface area contributed by atoms with Crippen LogP contribution in [0.4, 0.5) is 4.79 Å². The van der Waals surface area contributed by atoms with E-state index in [1.807, 2.05) is 0 Å². The van der Waals surface area contributed by atoms with Gasteiger partial charge in [0.05, 0.1) is 19.8 Å². The SMILES string of the molecule is COC(=O)[C@H](N)[C@@H](NC(=O)OC(C)(C)C)[C@H]1COC(C)(C)O1. The average molecular weight is 318 g/mol. The van der Waals surface area contributed by atoms with Crippen molar-refractivity contribution in [3.05, 3.63) is 0 Å². The van der Waals surface area contributed by atoms with E-state index in [0.29, 0.717) is 0 Å². The lowest BCUT2D eigenvalue weighted by molar-refractivity contribution is -0.151. The molecule has 0 spiro atoms. The molecule has 0 aromatic rings. The number of rotatable bonds is 4. The highest BCUT2D eigenvalue weighted by Crippen LogP contribution is 2.25. The number of esters is 1. The van der Waals surface area contributed by atoms with Crippen LogP contribution in [0.15, 0.2) is 0 Å². The van der Waals surface area contributed by atoms with Crippen LogP contribution in [0.2, 0.25) is 0 Å². The van der Waals surface area contributed by atoms with Gasteiger partial charge in [0.1, 0.15) is 17.7 Å². The number of alkyl carbamates (subject to hydrolysis) is 1. The number of nitrogens with one attached hydrogen (secondary N) is 1. The first-order valence-electron chi connectivity index (χ1n) is 7.10. The van der Waals surface area contributed by atoms with Crippen molar-refractivity contribution in [2.75, 3.05) is 13.7 Å². The Hall–Kier alpha value is -1.38. The van der Waals surface area contributed by atoms with Gasteiger partial charge in [-0.2, -0.15) is 0 Å². The molecule has 0 radical (unpaired) electrons. The van der Waals surface area contributed by atoms with Crippen LogP contribution < -0.4 is 11.1 Å². The van der Waals surface area contributed by atoms with Crippen LogP contribution >= 0.6 is 0 Å². The zero-order valence-corrected chi connectivity index (χ0v) is 14.0. The van der Waals surface area contributed by atoms with Gasteiger partial charge in [-0.05, 0) is 34.6 Å². The van der Waals surface area contributed by atoms with Crippen molar-refractivity contribution < 1.29 is 28.5 Å². The average Bonchev–Trinajstić information content (AvgIpc) is 2.72. The fourth-order valence-corrected chi connectivity index (χ4v) is 2.03. The van der Waals surface area contributed by atoms with Gasteiger partial charge in [-0.25, -0.2) is 4.79 Å². The summed E-state index contributed by atoms with van der Waals surface area (Å²) < 4.78 is 21.0. The Bertz CT molecular complexity index is 418. The highest BCUT2D eigenvalue weighted by molar-refractivity contribution is 5.78. The maximum Gasteiger partial charge on any atom is 0.408 e. The highest BCUT2D eigenvalue weighted by atomic mass is 16.7. The van der Waals surface area contributed by atoms with Crippen LogP contribution in [0.3, 0.4) is 0 Å². The number of ether oxygens (including phenoxy) is 4.